The van der Waals surface area contributed by atoms with Crippen LogP contribution in [-0.4, -0.2) is 66.2 Å². The smallest absolute Gasteiger partial charge is 0.224 e. The van der Waals surface area contributed by atoms with E-state index in [1.165, 1.54) is 0 Å². The van der Waals surface area contributed by atoms with Crippen molar-refractivity contribution in [3.8, 4) is 0 Å². The first-order chi connectivity index (χ1) is 8.58. The van der Waals surface area contributed by atoms with Crippen molar-refractivity contribution in [2.45, 2.75) is 44.7 Å². The van der Waals surface area contributed by atoms with E-state index in [0.717, 1.165) is 32.4 Å². The van der Waals surface area contributed by atoms with Crippen LogP contribution in [0.25, 0.3) is 0 Å². The van der Waals surface area contributed by atoms with Crippen LogP contribution >= 0.6 is 0 Å². The molecular weight excluding hydrogens is 230 g/mol. The van der Waals surface area contributed by atoms with Crippen LogP contribution in [0.5, 0.6) is 0 Å². The van der Waals surface area contributed by atoms with Gasteiger partial charge in [-0.05, 0) is 39.4 Å². The van der Waals surface area contributed by atoms with E-state index in [2.05, 4.69) is 11.9 Å². The zero-order valence-electron chi connectivity index (χ0n) is 11.6. The standard InChI is InChI=1S/C13H27N3O2/c1-3-11(14)10-13(18)16(8-9-17)12-4-6-15(2)7-5-12/h11-12,17H,3-10,14H2,1-2H3. The number of piperidine rings is 1. The Morgan fingerprint density at radius 2 is 2.11 bits per heavy atom. The van der Waals surface area contributed by atoms with Crippen LogP contribution in [-0.2, 0) is 4.79 Å². The summed E-state index contributed by atoms with van der Waals surface area (Å²) >= 11 is 0. The molecule has 1 atom stereocenters. The first-order valence-corrected chi connectivity index (χ1v) is 6.93. The minimum Gasteiger partial charge on any atom is -0.395 e. The molecule has 106 valence electrons. The van der Waals surface area contributed by atoms with Gasteiger partial charge in [-0.25, -0.2) is 0 Å². The molecule has 3 N–H and O–H groups in total. The first kappa shape index (κ1) is 15.4. The van der Waals surface area contributed by atoms with Gasteiger partial charge in [-0.15, -0.1) is 0 Å². The molecule has 1 rings (SSSR count). The molecule has 5 heteroatoms. The Hall–Kier alpha value is -0.650. The fraction of sp³-hybridized carbons (Fsp3) is 0.923. The van der Waals surface area contributed by atoms with Gasteiger partial charge < -0.3 is 20.6 Å². The molecule has 1 aliphatic heterocycles. The molecule has 5 nitrogen and oxygen atoms in total. The molecule has 1 heterocycles. The maximum absolute atomic E-state index is 12.2. The minimum absolute atomic E-state index is 0.0272. The molecule has 1 unspecified atom stereocenters. The molecule has 18 heavy (non-hydrogen) atoms. The zero-order chi connectivity index (χ0) is 13.5. The predicted molar refractivity (Wildman–Crippen MR) is 72.2 cm³/mol. The first-order valence-electron chi connectivity index (χ1n) is 6.93. The quantitative estimate of drug-likeness (QED) is 0.704. The Bertz CT molecular complexity index is 253. The van der Waals surface area contributed by atoms with Gasteiger partial charge in [-0.1, -0.05) is 6.92 Å². The van der Waals surface area contributed by atoms with Crippen molar-refractivity contribution in [3.63, 3.8) is 0 Å². The Labute approximate surface area is 110 Å². The van der Waals surface area contributed by atoms with Crippen molar-refractivity contribution >= 4 is 5.91 Å². The lowest BCUT2D eigenvalue weighted by Gasteiger charge is -2.37. The van der Waals surface area contributed by atoms with E-state index >= 15 is 0 Å². The summed E-state index contributed by atoms with van der Waals surface area (Å²) in [5.74, 6) is 0.0907. The van der Waals surface area contributed by atoms with Crippen molar-refractivity contribution in [1.82, 2.24) is 9.80 Å². The topological polar surface area (TPSA) is 69.8 Å². The Balaban J connectivity index is 2.55. The Kier molecular flexibility index (Phi) is 6.60. The molecule has 0 aromatic heterocycles. The number of nitrogens with two attached hydrogens (primary N) is 1. The maximum Gasteiger partial charge on any atom is 0.224 e. The van der Waals surface area contributed by atoms with Crippen LogP contribution in [0.4, 0.5) is 0 Å². The Morgan fingerprint density at radius 1 is 1.50 bits per heavy atom. The Morgan fingerprint density at radius 3 is 2.61 bits per heavy atom. The van der Waals surface area contributed by atoms with Crippen LogP contribution < -0.4 is 5.73 Å². The van der Waals surface area contributed by atoms with Crippen molar-refractivity contribution in [2.75, 3.05) is 33.3 Å². The number of nitrogens with zero attached hydrogens (tertiary/aromatic N) is 2. The molecule has 0 spiro atoms. The molecule has 0 aromatic rings. The van der Waals surface area contributed by atoms with E-state index in [-0.39, 0.29) is 24.6 Å². The molecule has 1 aliphatic rings. The second kappa shape index (κ2) is 7.71. The third-order valence-electron chi connectivity index (χ3n) is 3.75. The van der Waals surface area contributed by atoms with E-state index in [0.29, 0.717) is 13.0 Å². The SMILES string of the molecule is CCC(N)CC(=O)N(CCO)C1CCN(C)CC1. The number of carbonyl (C=O) groups is 1. The van der Waals surface area contributed by atoms with Crippen molar-refractivity contribution in [1.29, 1.82) is 0 Å². The lowest BCUT2D eigenvalue weighted by Crippen LogP contribution is -2.48. The number of amides is 1. The molecule has 1 saturated heterocycles. The molecular formula is C13H27N3O2. The van der Waals surface area contributed by atoms with Crippen molar-refractivity contribution in [2.24, 2.45) is 5.73 Å². The van der Waals surface area contributed by atoms with Gasteiger partial charge in [0, 0.05) is 25.0 Å². The van der Waals surface area contributed by atoms with E-state index in [1.54, 1.807) is 0 Å². The highest BCUT2D eigenvalue weighted by atomic mass is 16.3. The summed E-state index contributed by atoms with van der Waals surface area (Å²) in [6.07, 6.45) is 3.18. The third kappa shape index (κ3) is 4.55. The number of aliphatic hydroxyl groups excluding tert-OH is 1. The molecule has 0 bridgehead atoms. The predicted octanol–water partition coefficient (Wildman–Crippen LogP) is 0.0289. The summed E-state index contributed by atoms with van der Waals surface area (Å²) in [4.78, 5) is 16.3. The normalized spacial score (nSPS) is 19.8. The van der Waals surface area contributed by atoms with Gasteiger partial charge in [0.15, 0.2) is 0 Å². The highest BCUT2D eigenvalue weighted by Crippen LogP contribution is 2.17. The number of rotatable bonds is 6. The average Bonchev–Trinajstić information content (AvgIpc) is 2.37. The fourth-order valence-electron chi connectivity index (χ4n) is 2.41. The van der Waals surface area contributed by atoms with Gasteiger partial charge in [0.25, 0.3) is 0 Å². The monoisotopic (exact) mass is 257 g/mol. The molecule has 0 saturated carbocycles. The van der Waals surface area contributed by atoms with Crippen molar-refractivity contribution < 1.29 is 9.90 Å². The minimum atomic E-state index is -0.0649. The summed E-state index contributed by atoms with van der Waals surface area (Å²) in [6, 6.07) is 0.204. The zero-order valence-corrected chi connectivity index (χ0v) is 11.6. The number of carbonyl (C=O) groups excluding carboxylic acids is 1. The van der Waals surface area contributed by atoms with Crippen LogP contribution in [0.1, 0.15) is 32.6 Å². The largest absolute Gasteiger partial charge is 0.395 e. The van der Waals surface area contributed by atoms with Crippen LogP contribution in [0.15, 0.2) is 0 Å². The van der Waals surface area contributed by atoms with Gasteiger partial charge in [0.1, 0.15) is 0 Å². The van der Waals surface area contributed by atoms with Crippen LogP contribution in [0.2, 0.25) is 0 Å². The van der Waals surface area contributed by atoms with E-state index in [1.807, 2.05) is 11.8 Å². The summed E-state index contributed by atoms with van der Waals surface area (Å²) in [5, 5.41) is 9.12. The second-order valence-electron chi connectivity index (χ2n) is 5.22. The molecule has 1 amide bonds. The highest BCUT2D eigenvalue weighted by molar-refractivity contribution is 5.77. The highest BCUT2D eigenvalue weighted by Gasteiger charge is 2.26. The molecule has 0 radical (unpaired) electrons. The molecule has 1 fully saturated rings. The van der Waals surface area contributed by atoms with E-state index in [9.17, 15) is 4.79 Å². The molecule has 0 aliphatic carbocycles. The fourth-order valence-corrected chi connectivity index (χ4v) is 2.41. The summed E-state index contributed by atoms with van der Waals surface area (Å²) in [7, 11) is 2.10. The number of hydrogen-bond acceptors (Lipinski definition) is 4. The summed E-state index contributed by atoms with van der Waals surface area (Å²) in [6.45, 7) is 4.48. The van der Waals surface area contributed by atoms with Gasteiger partial charge in [-0.3, -0.25) is 4.79 Å². The van der Waals surface area contributed by atoms with E-state index in [4.69, 9.17) is 10.8 Å². The second-order valence-corrected chi connectivity index (χ2v) is 5.22. The maximum atomic E-state index is 12.2. The third-order valence-corrected chi connectivity index (χ3v) is 3.75. The lowest BCUT2D eigenvalue weighted by molar-refractivity contribution is -0.135. The van der Waals surface area contributed by atoms with Gasteiger partial charge >= 0.3 is 0 Å². The lowest BCUT2D eigenvalue weighted by atomic mass is 10.0. The average molecular weight is 257 g/mol. The number of aliphatic hydroxyl groups is 1. The van der Waals surface area contributed by atoms with Gasteiger partial charge in [0.05, 0.1) is 6.61 Å². The number of hydrogen-bond donors (Lipinski definition) is 2. The van der Waals surface area contributed by atoms with E-state index < -0.39 is 0 Å². The van der Waals surface area contributed by atoms with Crippen molar-refractivity contribution in [3.05, 3.63) is 0 Å². The van der Waals surface area contributed by atoms with Crippen LogP contribution in [0.3, 0.4) is 0 Å². The molecule has 0 aromatic carbocycles. The van der Waals surface area contributed by atoms with Gasteiger partial charge in [-0.2, -0.15) is 0 Å². The number of likely N-dealkylation sites (tertiary alicyclic amines) is 1. The van der Waals surface area contributed by atoms with Gasteiger partial charge in [0.2, 0.25) is 5.91 Å². The summed E-state index contributed by atoms with van der Waals surface area (Å²) in [5.41, 5.74) is 5.84. The summed E-state index contributed by atoms with van der Waals surface area (Å²) < 4.78 is 0. The van der Waals surface area contributed by atoms with Crippen LogP contribution in [0, 0.1) is 0 Å².